The van der Waals surface area contributed by atoms with Crippen LogP contribution in [0.1, 0.15) is 57.8 Å². The van der Waals surface area contributed by atoms with E-state index in [4.69, 9.17) is 0 Å². The first-order valence-electron chi connectivity index (χ1n) is 8.64. The van der Waals surface area contributed by atoms with Crippen molar-refractivity contribution in [2.45, 2.75) is 69.6 Å². The molecule has 1 heterocycles. The summed E-state index contributed by atoms with van der Waals surface area (Å²) in [6, 6.07) is -0.321. The number of hydrogen-bond acceptors (Lipinski definition) is 2. The summed E-state index contributed by atoms with van der Waals surface area (Å²) >= 11 is 0. The monoisotopic (exact) mass is 336 g/mol. The molecule has 0 aromatic heterocycles. The van der Waals surface area contributed by atoms with Crippen LogP contribution < -0.4 is 5.32 Å². The molecule has 1 saturated heterocycles. The lowest BCUT2D eigenvalue weighted by molar-refractivity contribution is -0.271. The molecule has 0 aromatic rings. The van der Waals surface area contributed by atoms with E-state index in [-0.39, 0.29) is 19.1 Å². The minimum absolute atomic E-state index is 0.0650. The van der Waals surface area contributed by atoms with Crippen LogP contribution >= 0.6 is 0 Å². The van der Waals surface area contributed by atoms with Gasteiger partial charge in [0.1, 0.15) is 0 Å². The highest BCUT2D eigenvalue weighted by atomic mass is 19.4. The molecular weight excluding hydrogens is 309 g/mol. The summed E-state index contributed by atoms with van der Waals surface area (Å²) in [5.74, 6) is 0.762. The Bertz CT molecular complexity index is 387. The lowest BCUT2D eigenvalue weighted by Crippen LogP contribution is -2.55. The minimum atomic E-state index is -4.63. The Kier molecular flexibility index (Phi) is 6.17. The summed E-state index contributed by atoms with van der Waals surface area (Å²) < 4.78 is 38.1. The molecule has 0 aromatic carbocycles. The van der Waals surface area contributed by atoms with Crippen molar-refractivity contribution in [3.8, 4) is 0 Å². The number of nitrogens with zero attached hydrogens (tertiary/aromatic N) is 1. The summed E-state index contributed by atoms with van der Waals surface area (Å²) in [4.78, 5) is 13.3. The number of halogens is 3. The summed E-state index contributed by atoms with van der Waals surface area (Å²) in [6.07, 6.45) is 2.96. The molecule has 23 heavy (non-hydrogen) atoms. The van der Waals surface area contributed by atoms with Crippen LogP contribution in [0.4, 0.5) is 18.0 Å². The Morgan fingerprint density at radius 2 is 1.78 bits per heavy atom. The van der Waals surface area contributed by atoms with E-state index < -0.39 is 24.6 Å². The first-order chi connectivity index (χ1) is 10.8. The van der Waals surface area contributed by atoms with Crippen molar-refractivity contribution in [3.63, 3.8) is 0 Å². The van der Waals surface area contributed by atoms with E-state index in [1.165, 1.54) is 37.0 Å². The van der Waals surface area contributed by atoms with E-state index in [9.17, 15) is 23.1 Å². The molecule has 2 fully saturated rings. The van der Waals surface area contributed by atoms with E-state index in [2.05, 4.69) is 5.32 Å². The zero-order valence-electron chi connectivity index (χ0n) is 13.5. The predicted molar refractivity (Wildman–Crippen MR) is 81.0 cm³/mol. The molecule has 134 valence electrons. The molecular formula is C16H27F3N2O2. The van der Waals surface area contributed by atoms with Crippen molar-refractivity contribution < 1.29 is 23.1 Å². The maximum Gasteiger partial charge on any atom is 0.417 e. The highest BCUT2D eigenvalue weighted by Crippen LogP contribution is 2.38. The Morgan fingerprint density at radius 1 is 1.17 bits per heavy atom. The summed E-state index contributed by atoms with van der Waals surface area (Å²) in [5, 5.41) is 12.4. The van der Waals surface area contributed by atoms with Crippen LogP contribution in [0.3, 0.4) is 0 Å². The van der Waals surface area contributed by atoms with Gasteiger partial charge in [-0.15, -0.1) is 0 Å². The van der Waals surface area contributed by atoms with Crippen LogP contribution in [0.25, 0.3) is 0 Å². The number of amides is 2. The average molecular weight is 336 g/mol. The normalized spacial score (nSPS) is 22.9. The van der Waals surface area contributed by atoms with Crippen LogP contribution in [-0.4, -0.2) is 47.4 Å². The molecule has 4 nitrogen and oxygen atoms in total. The molecule has 1 aliphatic carbocycles. The number of urea groups is 1. The van der Waals surface area contributed by atoms with Crippen LogP contribution in [0.5, 0.6) is 0 Å². The minimum Gasteiger partial charge on any atom is -0.380 e. The third-order valence-corrected chi connectivity index (χ3v) is 5.20. The van der Waals surface area contributed by atoms with E-state index in [1.54, 1.807) is 0 Å². The van der Waals surface area contributed by atoms with E-state index in [1.807, 2.05) is 0 Å². The topological polar surface area (TPSA) is 52.6 Å². The number of carbonyl (C=O) groups is 1. The number of alkyl halides is 3. The molecule has 2 aliphatic rings. The van der Waals surface area contributed by atoms with Gasteiger partial charge in [-0.2, -0.15) is 13.2 Å². The van der Waals surface area contributed by atoms with Gasteiger partial charge in [-0.1, -0.05) is 32.1 Å². The first-order valence-corrected chi connectivity index (χ1v) is 8.64. The van der Waals surface area contributed by atoms with Crippen LogP contribution in [0.15, 0.2) is 0 Å². The molecule has 0 unspecified atom stereocenters. The van der Waals surface area contributed by atoms with Gasteiger partial charge in [0.05, 0.1) is 0 Å². The number of piperidine rings is 1. The second-order valence-electron chi connectivity index (χ2n) is 6.89. The molecule has 1 aliphatic heterocycles. The first kappa shape index (κ1) is 18.4. The van der Waals surface area contributed by atoms with Gasteiger partial charge < -0.3 is 15.3 Å². The third-order valence-electron chi connectivity index (χ3n) is 5.20. The molecule has 2 amide bonds. The quantitative estimate of drug-likeness (QED) is 0.773. The van der Waals surface area contributed by atoms with Crippen molar-refractivity contribution in [2.75, 3.05) is 19.6 Å². The Morgan fingerprint density at radius 3 is 2.35 bits per heavy atom. The molecule has 7 heteroatoms. The van der Waals surface area contributed by atoms with Crippen LogP contribution in [0, 0.1) is 5.92 Å². The lowest BCUT2D eigenvalue weighted by atomic mass is 9.86. The molecule has 2 N–H and O–H groups in total. The maximum absolute atomic E-state index is 12.7. The van der Waals surface area contributed by atoms with Crippen molar-refractivity contribution in [3.05, 3.63) is 0 Å². The number of aliphatic hydroxyl groups is 1. The second kappa shape index (κ2) is 7.73. The van der Waals surface area contributed by atoms with Crippen molar-refractivity contribution in [1.29, 1.82) is 0 Å². The highest BCUT2D eigenvalue weighted by Gasteiger charge is 2.54. The molecule has 0 spiro atoms. The number of nitrogens with one attached hydrogen (secondary N) is 1. The molecule has 0 atom stereocenters. The average Bonchev–Trinajstić information content (AvgIpc) is 2.52. The number of carbonyl (C=O) groups excluding carboxylic acids is 1. The van der Waals surface area contributed by atoms with Gasteiger partial charge in [0, 0.05) is 32.5 Å². The standard InChI is InChI=1S/C16H27F3N2O2/c17-16(18,19)15(23)8-11-21(12-9-15)14(22)20-10-4-7-13-5-2-1-3-6-13/h13,23H,1-12H2,(H,20,22). The van der Waals surface area contributed by atoms with Gasteiger partial charge in [0.15, 0.2) is 5.60 Å². The number of rotatable bonds is 4. The molecule has 1 saturated carbocycles. The SMILES string of the molecule is O=C(NCCCC1CCCCC1)N1CCC(O)(C(F)(F)F)CC1. The summed E-state index contributed by atoms with van der Waals surface area (Å²) in [7, 11) is 0. The number of likely N-dealkylation sites (tertiary alicyclic amines) is 1. The van der Waals surface area contributed by atoms with Gasteiger partial charge in [0.2, 0.25) is 0 Å². The third kappa shape index (κ3) is 4.99. The molecule has 0 bridgehead atoms. The van der Waals surface area contributed by atoms with Crippen molar-refractivity contribution in [1.82, 2.24) is 10.2 Å². The van der Waals surface area contributed by atoms with E-state index in [0.717, 1.165) is 18.8 Å². The Balaban J connectivity index is 1.63. The predicted octanol–water partition coefficient (Wildman–Crippen LogP) is 3.45. The number of hydrogen-bond donors (Lipinski definition) is 2. The van der Waals surface area contributed by atoms with Gasteiger partial charge in [-0.25, -0.2) is 4.79 Å². The fourth-order valence-electron chi connectivity index (χ4n) is 3.54. The Labute approximate surface area is 135 Å². The maximum atomic E-state index is 12.7. The molecule has 0 radical (unpaired) electrons. The zero-order chi connectivity index (χ0) is 16.9. The highest BCUT2D eigenvalue weighted by molar-refractivity contribution is 5.74. The fraction of sp³-hybridized carbons (Fsp3) is 0.938. The van der Waals surface area contributed by atoms with Crippen molar-refractivity contribution >= 4 is 6.03 Å². The van der Waals surface area contributed by atoms with Gasteiger partial charge in [-0.3, -0.25) is 0 Å². The van der Waals surface area contributed by atoms with Gasteiger partial charge >= 0.3 is 12.2 Å². The van der Waals surface area contributed by atoms with E-state index >= 15 is 0 Å². The Hall–Kier alpha value is -0.980. The van der Waals surface area contributed by atoms with Crippen LogP contribution in [-0.2, 0) is 0 Å². The lowest BCUT2D eigenvalue weighted by Gasteiger charge is -2.39. The smallest absolute Gasteiger partial charge is 0.380 e. The zero-order valence-corrected chi connectivity index (χ0v) is 13.5. The summed E-state index contributed by atoms with van der Waals surface area (Å²) in [5.41, 5.74) is -2.65. The van der Waals surface area contributed by atoms with Crippen LogP contribution in [0.2, 0.25) is 0 Å². The fourth-order valence-corrected chi connectivity index (χ4v) is 3.54. The van der Waals surface area contributed by atoms with Gasteiger partial charge in [0.25, 0.3) is 0 Å². The van der Waals surface area contributed by atoms with Crippen molar-refractivity contribution in [2.24, 2.45) is 5.92 Å². The molecule has 2 rings (SSSR count). The second-order valence-corrected chi connectivity index (χ2v) is 6.89. The largest absolute Gasteiger partial charge is 0.417 e. The summed E-state index contributed by atoms with van der Waals surface area (Å²) in [6.45, 7) is 0.435. The van der Waals surface area contributed by atoms with Gasteiger partial charge in [-0.05, 0) is 18.8 Å². The van der Waals surface area contributed by atoms with E-state index in [0.29, 0.717) is 6.54 Å².